The Morgan fingerprint density at radius 1 is 1.00 bits per heavy atom. The maximum absolute atomic E-state index is 13.2. The molecule has 2 aromatic carbocycles. The highest BCUT2D eigenvalue weighted by molar-refractivity contribution is 5.96. The smallest absolute Gasteiger partial charge is 0.417 e. The largest absolute Gasteiger partial charge is 0.504 e. The Bertz CT molecular complexity index is 946. The third kappa shape index (κ3) is 4.42. The summed E-state index contributed by atoms with van der Waals surface area (Å²) < 4.78 is 39.5. The molecule has 4 N–H and O–H groups in total. The fraction of sp³-hybridized carbons (Fsp3) is 0.300. The molecule has 3 rings (SSSR count). The van der Waals surface area contributed by atoms with E-state index in [-0.39, 0.29) is 24.7 Å². The molecule has 1 aliphatic heterocycles. The van der Waals surface area contributed by atoms with Gasteiger partial charge in [0.1, 0.15) is 0 Å². The summed E-state index contributed by atoms with van der Waals surface area (Å²) in [5.41, 5.74) is -1.47. The number of nitrogens with one attached hydrogen (secondary N) is 1. The summed E-state index contributed by atoms with van der Waals surface area (Å²) in [6.07, 6.45) is -4.00. The minimum Gasteiger partial charge on any atom is -0.504 e. The number of piperidine rings is 1. The van der Waals surface area contributed by atoms with Crippen LogP contribution < -0.4 is 5.32 Å². The molecule has 0 atom stereocenters. The van der Waals surface area contributed by atoms with Crippen LogP contribution in [0.5, 0.6) is 17.2 Å². The first-order chi connectivity index (χ1) is 14.1. The van der Waals surface area contributed by atoms with Gasteiger partial charge in [-0.1, -0.05) is 12.1 Å². The van der Waals surface area contributed by atoms with Crippen LogP contribution in [-0.2, 0) is 6.18 Å². The molecule has 0 aliphatic carbocycles. The van der Waals surface area contributed by atoms with Gasteiger partial charge in [0.05, 0.1) is 11.1 Å². The number of carbonyl (C=O) groups is 2. The van der Waals surface area contributed by atoms with Crippen molar-refractivity contribution in [2.75, 3.05) is 13.1 Å². The normalized spacial score (nSPS) is 15.1. The molecule has 2 aromatic rings. The molecule has 30 heavy (non-hydrogen) atoms. The number of halogens is 3. The first-order valence-corrected chi connectivity index (χ1v) is 9.09. The number of phenolic OH excluding ortho intramolecular Hbond substituents is 3. The Hall–Kier alpha value is -3.43. The van der Waals surface area contributed by atoms with Crippen molar-refractivity contribution < 1.29 is 38.1 Å². The highest BCUT2D eigenvalue weighted by Crippen LogP contribution is 2.35. The highest BCUT2D eigenvalue weighted by Gasteiger charge is 2.36. The summed E-state index contributed by atoms with van der Waals surface area (Å²) in [4.78, 5) is 26.2. The Kier molecular flexibility index (Phi) is 5.77. The van der Waals surface area contributed by atoms with Crippen molar-refractivity contribution in [1.82, 2.24) is 10.2 Å². The summed E-state index contributed by atoms with van der Waals surface area (Å²) in [6.45, 7) is 0.310. The number of benzene rings is 2. The number of aromatic hydroxyl groups is 3. The fourth-order valence-corrected chi connectivity index (χ4v) is 3.32. The molecule has 0 unspecified atom stereocenters. The minimum atomic E-state index is -4.64. The van der Waals surface area contributed by atoms with Crippen molar-refractivity contribution in [1.29, 1.82) is 0 Å². The van der Waals surface area contributed by atoms with Gasteiger partial charge in [-0.25, -0.2) is 0 Å². The third-order valence-electron chi connectivity index (χ3n) is 4.91. The molecule has 160 valence electrons. The first-order valence-electron chi connectivity index (χ1n) is 9.09. The minimum absolute atomic E-state index is 0.0691. The van der Waals surface area contributed by atoms with Gasteiger partial charge in [0, 0.05) is 24.7 Å². The Morgan fingerprint density at radius 2 is 1.57 bits per heavy atom. The van der Waals surface area contributed by atoms with E-state index in [9.17, 15) is 38.1 Å². The quantitative estimate of drug-likeness (QED) is 0.567. The third-order valence-corrected chi connectivity index (χ3v) is 4.91. The topological polar surface area (TPSA) is 110 Å². The van der Waals surface area contributed by atoms with E-state index in [0.29, 0.717) is 12.8 Å². The van der Waals surface area contributed by atoms with E-state index >= 15 is 0 Å². The maximum Gasteiger partial charge on any atom is 0.417 e. The summed E-state index contributed by atoms with van der Waals surface area (Å²) in [7, 11) is 0. The first kappa shape index (κ1) is 21.3. The van der Waals surface area contributed by atoms with Crippen molar-refractivity contribution >= 4 is 11.8 Å². The van der Waals surface area contributed by atoms with Crippen LogP contribution in [-0.4, -0.2) is 51.2 Å². The van der Waals surface area contributed by atoms with Crippen LogP contribution >= 0.6 is 0 Å². The number of phenols is 3. The van der Waals surface area contributed by atoms with E-state index in [2.05, 4.69) is 5.32 Å². The average Bonchev–Trinajstić information content (AvgIpc) is 2.71. The fourth-order valence-electron chi connectivity index (χ4n) is 3.32. The molecular formula is C20H19F3N2O5. The molecule has 1 aliphatic rings. The van der Waals surface area contributed by atoms with Gasteiger partial charge in [-0.15, -0.1) is 0 Å². The van der Waals surface area contributed by atoms with Crippen LogP contribution in [0.2, 0.25) is 0 Å². The molecular weight excluding hydrogens is 405 g/mol. The molecule has 1 saturated heterocycles. The number of nitrogens with zero attached hydrogens (tertiary/aromatic N) is 1. The number of hydrogen-bond donors (Lipinski definition) is 4. The number of hydrogen-bond acceptors (Lipinski definition) is 5. The molecule has 0 aromatic heterocycles. The van der Waals surface area contributed by atoms with E-state index in [1.807, 2.05) is 0 Å². The van der Waals surface area contributed by atoms with Crippen molar-refractivity contribution in [3.8, 4) is 17.2 Å². The number of carbonyl (C=O) groups excluding carboxylic acids is 2. The summed E-state index contributed by atoms with van der Waals surface area (Å²) in [6, 6.07) is 6.25. The van der Waals surface area contributed by atoms with Gasteiger partial charge in [0.15, 0.2) is 17.2 Å². The van der Waals surface area contributed by atoms with Gasteiger partial charge in [-0.3, -0.25) is 9.59 Å². The summed E-state index contributed by atoms with van der Waals surface area (Å²) in [5, 5.41) is 31.0. The average molecular weight is 424 g/mol. The molecule has 2 amide bonds. The lowest BCUT2D eigenvalue weighted by molar-refractivity contribution is -0.138. The zero-order valence-corrected chi connectivity index (χ0v) is 15.6. The van der Waals surface area contributed by atoms with Gasteiger partial charge in [-0.05, 0) is 37.1 Å². The number of likely N-dealkylation sites (tertiary alicyclic amines) is 1. The maximum atomic E-state index is 13.2. The second-order valence-corrected chi connectivity index (χ2v) is 6.95. The van der Waals surface area contributed by atoms with Gasteiger partial charge in [0.2, 0.25) is 0 Å². The monoisotopic (exact) mass is 424 g/mol. The lowest BCUT2D eigenvalue weighted by atomic mass is 10.0. The SMILES string of the molecule is O=C(NC1CCN(C(=O)c2ccccc2C(F)(F)F)CC1)c1cc(O)c(O)c(O)c1. The molecule has 7 nitrogen and oxygen atoms in total. The standard InChI is InChI=1S/C20H19F3N2O5/c21-20(22,23)14-4-2-1-3-13(14)19(30)25-7-5-12(6-8-25)24-18(29)11-9-15(26)17(28)16(27)10-11/h1-4,9-10,12,26-28H,5-8H2,(H,24,29). The highest BCUT2D eigenvalue weighted by atomic mass is 19.4. The van der Waals surface area contributed by atoms with Crippen molar-refractivity contribution in [2.24, 2.45) is 0 Å². The second-order valence-electron chi connectivity index (χ2n) is 6.95. The van der Waals surface area contributed by atoms with Gasteiger partial charge >= 0.3 is 6.18 Å². The Labute approximate surface area is 169 Å². The van der Waals surface area contributed by atoms with Crippen molar-refractivity contribution in [2.45, 2.75) is 25.1 Å². The van der Waals surface area contributed by atoms with E-state index < -0.39 is 46.4 Å². The van der Waals surface area contributed by atoms with Gasteiger partial charge in [0.25, 0.3) is 11.8 Å². The zero-order valence-electron chi connectivity index (χ0n) is 15.6. The van der Waals surface area contributed by atoms with E-state index in [4.69, 9.17) is 0 Å². The lowest BCUT2D eigenvalue weighted by Gasteiger charge is -2.33. The molecule has 0 spiro atoms. The van der Waals surface area contributed by atoms with Crippen LogP contribution in [0.15, 0.2) is 36.4 Å². The molecule has 10 heteroatoms. The number of amides is 2. The summed E-state index contributed by atoms with van der Waals surface area (Å²) in [5.74, 6) is -3.36. The molecule has 0 bridgehead atoms. The number of alkyl halides is 3. The van der Waals surface area contributed by atoms with E-state index in [1.54, 1.807) is 0 Å². The Morgan fingerprint density at radius 3 is 2.13 bits per heavy atom. The van der Waals surface area contributed by atoms with Crippen LogP contribution in [0.25, 0.3) is 0 Å². The second kappa shape index (κ2) is 8.13. The molecule has 0 saturated carbocycles. The van der Waals surface area contributed by atoms with Crippen LogP contribution in [0.1, 0.15) is 39.1 Å². The predicted molar refractivity (Wildman–Crippen MR) is 99.3 cm³/mol. The van der Waals surface area contributed by atoms with Crippen LogP contribution in [0.3, 0.4) is 0 Å². The van der Waals surface area contributed by atoms with E-state index in [1.165, 1.54) is 17.0 Å². The van der Waals surface area contributed by atoms with Crippen LogP contribution in [0.4, 0.5) is 13.2 Å². The molecule has 0 radical (unpaired) electrons. The lowest BCUT2D eigenvalue weighted by Crippen LogP contribution is -2.46. The molecule has 1 heterocycles. The summed E-state index contributed by atoms with van der Waals surface area (Å²) >= 11 is 0. The Balaban J connectivity index is 1.63. The van der Waals surface area contributed by atoms with Crippen molar-refractivity contribution in [3.63, 3.8) is 0 Å². The van der Waals surface area contributed by atoms with Crippen LogP contribution in [0, 0.1) is 0 Å². The zero-order chi connectivity index (χ0) is 22.1. The number of rotatable bonds is 3. The van der Waals surface area contributed by atoms with Gasteiger partial charge < -0.3 is 25.5 Å². The van der Waals surface area contributed by atoms with E-state index in [0.717, 1.165) is 24.3 Å². The molecule has 1 fully saturated rings. The van der Waals surface area contributed by atoms with Crippen molar-refractivity contribution in [3.05, 3.63) is 53.1 Å². The van der Waals surface area contributed by atoms with Gasteiger partial charge in [-0.2, -0.15) is 13.2 Å². The predicted octanol–water partition coefficient (Wildman–Crippen LogP) is 2.86.